The number of benzene rings is 1. The van der Waals surface area contributed by atoms with Crippen molar-refractivity contribution in [3.63, 3.8) is 0 Å². The van der Waals surface area contributed by atoms with Crippen molar-refractivity contribution in [2.24, 2.45) is 5.92 Å². The summed E-state index contributed by atoms with van der Waals surface area (Å²) in [4.78, 5) is 134. The predicted octanol–water partition coefficient (Wildman–Crippen LogP) is -2.51. The number of hydrogen-bond acceptors (Lipinski definition) is 12. The Morgan fingerprint density at radius 3 is 1.73 bits per heavy atom. The minimum Gasteiger partial charge on any atom is -0.508 e. The molecule has 0 fully saturated rings. The number of carboxylic acid groups (broad SMARTS) is 2. The normalized spacial score (nSPS) is 14.2. The highest BCUT2D eigenvalue weighted by molar-refractivity contribution is 5.97. The lowest BCUT2D eigenvalue weighted by Gasteiger charge is -2.25. The molecule has 0 saturated carbocycles. The number of nitrogens with zero attached hydrogens (tertiary/aromatic N) is 1. The molecule has 340 valence electrons. The summed E-state index contributed by atoms with van der Waals surface area (Å²) in [7, 11) is 0. The van der Waals surface area contributed by atoms with Gasteiger partial charge in [-0.1, -0.05) is 26.0 Å². The first-order chi connectivity index (χ1) is 29.1. The Morgan fingerprint density at radius 2 is 1.16 bits per heavy atom. The number of H-pyrrole nitrogens is 1. The number of imidazole rings is 1. The van der Waals surface area contributed by atoms with Crippen LogP contribution in [0.2, 0.25) is 0 Å². The Kier molecular flexibility index (Phi) is 20.5. The van der Waals surface area contributed by atoms with E-state index < -0.39 is 121 Å². The predicted molar refractivity (Wildman–Crippen MR) is 217 cm³/mol. The number of rotatable bonds is 25. The summed E-state index contributed by atoms with van der Waals surface area (Å²) in [5.74, 6) is -9.29. The molecule has 0 unspecified atom stereocenters. The minimum absolute atomic E-state index is 0.0317. The summed E-state index contributed by atoms with van der Waals surface area (Å²) >= 11 is 0. The third-order valence-electron chi connectivity index (χ3n) is 8.98. The first-order valence-corrected chi connectivity index (χ1v) is 19.6. The van der Waals surface area contributed by atoms with E-state index in [0.717, 1.165) is 0 Å². The second kappa shape index (κ2) is 24.9. The van der Waals surface area contributed by atoms with E-state index >= 15 is 0 Å². The van der Waals surface area contributed by atoms with Gasteiger partial charge in [0.05, 0.1) is 12.9 Å². The summed E-state index contributed by atoms with van der Waals surface area (Å²) < 4.78 is 0. The van der Waals surface area contributed by atoms with Gasteiger partial charge >= 0.3 is 11.9 Å². The second-order valence-electron chi connectivity index (χ2n) is 15.0. The topological polar surface area (TPSA) is 356 Å². The van der Waals surface area contributed by atoms with Gasteiger partial charge < -0.3 is 62.8 Å². The minimum atomic E-state index is -1.47. The molecule has 23 heteroatoms. The van der Waals surface area contributed by atoms with Crippen LogP contribution < -0.4 is 42.5 Å². The van der Waals surface area contributed by atoms with Gasteiger partial charge in [-0.2, -0.15) is 0 Å². The number of carboxylic acids is 2. The van der Waals surface area contributed by atoms with Crippen LogP contribution in [0.4, 0.5) is 0 Å². The maximum absolute atomic E-state index is 13.9. The molecule has 0 radical (unpaired) electrons. The summed E-state index contributed by atoms with van der Waals surface area (Å²) in [6, 6.07) is -3.33. The van der Waals surface area contributed by atoms with Gasteiger partial charge in [-0.05, 0) is 57.2 Å². The second-order valence-corrected chi connectivity index (χ2v) is 15.0. The number of aromatic hydroxyl groups is 1. The van der Waals surface area contributed by atoms with Crippen molar-refractivity contribution in [1.29, 1.82) is 0 Å². The molecular formula is C39H56N10O13. The Balaban J connectivity index is 2.27. The van der Waals surface area contributed by atoms with E-state index in [1.807, 2.05) is 0 Å². The van der Waals surface area contributed by atoms with Gasteiger partial charge in [0.25, 0.3) is 0 Å². The van der Waals surface area contributed by atoms with Crippen molar-refractivity contribution < 1.29 is 63.3 Å². The van der Waals surface area contributed by atoms with E-state index in [2.05, 4.69) is 52.5 Å². The number of carbonyl (C=O) groups is 10. The highest BCUT2D eigenvalue weighted by Gasteiger charge is 2.32. The molecule has 2 rings (SSSR count). The van der Waals surface area contributed by atoms with Crippen molar-refractivity contribution in [1.82, 2.24) is 52.5 Å². The maximum atomic E-state index is 13.9. The molecule has 0 aliphatic heterocycles. The van der Waals surface area contributed by atoms with E-state index in [1.165, 1.54) is 64.5 Å². The standard InChI is InChI=1S/C39H56N10O13/c1-19(2)13-28(37(59)47-27(11-12-32(53)54)36(58)45-22(5)39(61)62)46-31(52)17-41-35(57)29(14-24-7-9-26(51)10-8-24)49-38(60)30(15-25-16-40-18-42-25)48-34(56)21(4)44-33(55)20(3)43-23(6)50/h7-10,16,18-22,27-30,51H,11-15,17H2,1-6H3,(H,40,42)(H,41,57)(H,43,50)(H,44,55)(H,45,58)(H,46,52)(H,47,59)(H,48,56)(H,49,60)(H,53,54)(H,61,62)/t20-,21-,22-,27-,28-,29-,30-/m0/s1. The number of aromatic amines is 1. The third kappa shape index (κ3) is 18.5. The van der Waals surface area contributed by atoms with Gasteiger partial charge in [0.2, 0.25) is 47.3 Å². The fraction of sp³-hybridized carbons (Fsp3) is 0.513. The van der Waals surface area contributed by atoms with Crippen LogP contribution in [-0.4, -0.2) is 133 Å². The molecule has 0 aliphatic carbocycles. The van der Waals surface area contributed by atoms with Gasteiger partial charge in [0.15, 0.2) is 0 Å². The average molecular weight is 873 g/mol. The monoisotopic (exact) mass is 872 g/mol. The van der Waals surface area contributed by atoms with E-state index in [0.29, 0.717) is 11.3 Å². The van der Waals surface area contributed by atoms with E-state index in [4.69, 9.17) is 5.11 Å². The van der Waals surface area contributed by atoms with E-state index in [9.17, 15) is 58.2 Å². The lowest BCUT2D eigenvalue weighted by atomic mass is 10.0. The molecule has 0 spiro atoms. The van der Waals surface area contributed by atoms with Crippen LogP contribution in [0.15, 0.2) is 36.8 Å². The van der Waals surface area contributed by atoms with Crippen LogP contribution >= 0.6 is 0 Å². The lowest BCUT2D eigenvalue weighted by molar-refractivity contribution is -0.142. The molecule has 0 bridgehead atoms. The highest BCUT2D eigenvalue weighted by atomic mass is 16.4. The van der Waals surface area contributed by atoms with Crippen LogP contribution in [0.5, 0.6) is 5.75 Å². The van der Waals surface area contributed by atoms with E-state index in [-0.39, 0.29) is 30.9 Å². The number of aromatic nitrogens is 2. The Hall–Kier alpha value is -7.07. The number of carbonyl (C=O) groups excluding carboxylic acids is 8. The van der Waals surface area contributed by atoms with Crippen LogP contribution in [0, 0.1) is 5.92 Å². The zero-order valence-electron chi connectivity index (χ0n) is 35.2. The lowest BCUT2D eigenvalue weighted by Crippen LogP contribution is -2.59. The fourth-order valence-electron chi connectivity index (χ4n) is 5.67. The molecule has 62 heavy (non-hydrogen) atoms. The Morgan fingerprint density at radius 1 is 0.629 bits per heavy atom. The van der Waals surface area contributed by atoms with E-state index in [1.54, 1.807) is 13.8 Å². The molecule has 1 heterocycles. The molecule has 7 atom stereocenters. The molecule has 12 N–H and O–H groups in total. The summed E-state index contributed by atoms with van der Waals surface area (Å²) in [5.41, 5.74) is 0.889. The number of aliphatic carboxylic acids is 2. The van der Waals surface area contributed by atoms with Crippen molar-refractivity contribution >= 4 is 59.2 Å². The number of amides is 8. The number of nitrogens with one attached hydrogen (secondary N) is 9. The molecule has 1 aromatic carbocycles. The Labute approximate surface area is 356 Å². The first kappa shape index (κ1) is 51.1. The van der Waals surface area contributed by atoms with Gasteiger partial charge in [-0.3, -0.25) is 47.9 Å². The molecule has 1 aromatic heterocycles. The summed E-state index contributed by atoms with van der Waals surface area (Å²) in [5, 5.41) is 47.6. The van der Waals surface area contributed by atoms with Crippen molar-refractivity contribution in [2.75, 3.05) is 6.54 Å². The smallest absolute Gasteiger partial charge is 0.325 e. The number of phenolic OH excluding ortho intramolecular Hbond substituents is 1. The van der Waals surface area contributed by atoms with Crippen LogP contribution in [0.3, 0.4) is 0 Å². The van der Waals surface area contributed by atoms with Crippen molar-refractivity contribution in [3.8, 4) is 5.75 Å². The van der Waals surface area contributed by atoms with Gasteiger partial charge in [-0.15, -0.1) is 0 Å². The highest BCUT2D eigenvalue weighted by Crippen LogP contribution is 2.13. The quantitative estimate of drug-likeness (QED) is 0.0491. The number of phenols is 1. The van der Waals surface area contributed by atoms with Crippen LogP contribution in [0.1, 0.15) is 72.1 Å². The zero-order chi connectivity index (χ0) is 46.7. The molecular weight excluding hydrogens is 816 g/mol. The van der Waals surface area contributed by atoms with Gasteiger partial charge in [0.1, 0.15) is 48.0 Å². The SMILES string of the molecule is CC(=O)N[C@@H](C)C(=O)N[C@@H](C)C(=O)N[C@@H](Cc1cnc[nH]1)C(=O)N[C@@H](Cc1ccc(O)cc1)C(=O)NCC(=O)N[C@@H](CC(C)C)C(=O)N[C@@H](CCC(=O)O)C(=O)N[C@@H](C)C(=O)O. The Bertz CT molecular complexity index is 1910. The first-order valence-electron chi connectivity index (χ1n) is 19.6. The van der Waals surface area contributed by atoms with Crippen LogP contribution in [0.25, 0.3) is 0 Å². The van der Waals surface area contributed by atoms with Crippen molar-refractivity contribution in [2.45, 2.75) is 116 Å². The maximum Gasteiger partial charge on any atom is 0.325 e. The average Bonchev–Trinajstić information content (AvgIpc) is 3.70. The largest absolute Gasteiger partial charge is 0.508 e. The molecule has 2 aromatic rings. The molecule has 0 aliphatic rings. The molecule has 0 saturated heterocycles. The summed E-state index contributed by atoms with van der Waals surface area (Å²) in [6.07, 6.45) is 1.52. The fourth-order valence-corrected chi connectivity index (χ4v) is 5.67. The van der Waals surface area contributed by atoms with Crippen molar-refractivity contribution in [3.05, 3.63) is 48.0 Å². The summed E-state index contributed by atoms with van der Waals surface area (Å²) in [6.45, 7) is 7.93. The zero-order valence-corrected chi connectivity index (χ0v) is 35.2. The molecule has 23 nitrogen and oxygen atoms in total. The third-order valence-corrected chi connectivity index (χ3v) is 8.98. The molecule has 8 amide bonds. The van der Waals surface area contributed by atoms with Crippen LogP contribution in [-0.2, 0) is 60.8 Å². The van der Waals surface area contributed by atoms with Gasteiger partial charge in [0, 0.05) is 38.1 Å². The van der Waals surface area contributed by atoms with Gasteiger partial charge in [-0.25, -0.2) is 4.98 Å². The number of hydrogen-bond donors (Lipinski definition) is 12.